The fourth-order valence-electron chi connectivity index (χ4n) is 4.18. The fraction of sp³-hybridized carbons (Fsp3) is 0.333. The molecule has 5 rings (SSSR count). The van der Waals surface area contributed by atoms with Crippen LogP contribution in [0, 0.1) is 5.92 Å². The maximum Gasteiger partial charge on any atom is 0.236 e. The minimum absolute atomic E-state index is 0.146. The van der Waals surface area contributed by atoms with E-state index in [9.17, 15) is 4.79 Å². The average molecular weight is 565 g/mol. The summed E-state index contributed by atoms with van der Waals surface area (Å²) in [5.74, 6) is 1.70. The van der Waals surface area contributed by atoms with Gasteiger partial charge in [-0.05, 0) is 55.9 Å². The Balaban J connectivity index is 1.25. The number of carbonyl (C=O) groups is 1. The van der Waals surface area contributed by atoms with E-state index < -0.39 is 0 Å². The maximum atomic E-state index is 12.6. The second-order valence-electron chi connectivity index (χ2n) is 8.45. The van der Waals surface area contributed by atoms with Crippen LogP contribution in [0.3, 0.4) is 0 Å². The number of halogens is 2. The predicted octanol–water partition coefficient (Wildman–Crippen LogP) is 7.31. The lowest BCUT2D eigenvalue weighted by Gasteiger charge is -2.19. The molecule has 0 radical (unpaired) electrons. The average Bonchev–Trinajstić information content (AvgIpc) is 3.55. The first-order chi connectivity index (χ1) is 16.9. The first-order valence-corrected chi connectivity index (χ1v) is 14.8. The molecule has 0 saturated carbocycles. The Labute approximate surface area is 226 Å². The molecule has 0 bridgehead atoms. The zero-order chi connectivity index (χ0) is 24.5. The Bertz CT molecular complexity index is 1380. The Morgan fingerprint density at radius 3 is 2.89 bits per heavy atom. The third kappa shape index (κ3) is 5.29. The van der Waals surface area contributed by atoms with Crippen LogP contribution < -0.4 is 5.32 Å². The summed E-state index contributed by atoms with van der Waals surface area (Å²) in [5, 5.41) is 18.2. The second kappa shape index (κ2) is 10.6. The van der Waals surface area contributed by atoms with Crippen molar-refractivity contribution in [3.05, 3.63) is 49.4 Å². The van der Waals surface area contributed by atoms with Gasteiger partial charge in [-0.2, -0.15) is 0 Å². The van der Waals surface area contributed by atoms with Crippen molar-refractivity contribution in [2.75, 3.05) is 11.1 Å². The Morgan fingerprint density at radius 1 is 1.23 bits per heavy atom. The summed E-state index contributed by atoms with van der Waals surface area (Å²) in [6, 6.07) is 5.26. The van der Waals surface area contributed by atoms with Gasteiger partial charge in [0.1, 0.15) is 0 Å². The fourth-order valence-corrected chi connectivity index (χ4v) is 7.46. The number of thiazole rings is 1. The Kier molecular flexibility index (Phi) is 7.50. The number of thioether (sulfide) groups is 1. The third-order valence-electron chi connectivity index (χ3n) is 5.97. The monoisotopic (exact) mass is 563 g/mol. The number of hydrogen-bond donors (Lipinski definition) is 1. The summed E-state index contributed by atoms with van der Waals surface area (Å²) in [5.41, 5.74) is 4.09. The van der Waals surface area contributed by atoms with E-state index in [-0.39, 0.29) is 11.7 Å². The Hall–Kier alpha value is -1.91. The summed E-state index contributed by atoms with van der Waals surface area (Å²) in [4.78, 5) is 18.6. The van der Waals surface area contributed by atoms with Crippen molar-refractivity contribution in [2.45, 2.75) is 44.8 Å². The van der Waals surface area contributed by atoms with E-state index in [0.29, 0.717) is 20.9 Å². The second-order valence-corrected chi connectivity index (χ2v) is 12.1. The van der Waals surface area contributed by atoms with Gasteiger partial charge in [-0.3, -0.25) is 4.79 Å². The van der Waals surface area contributed by atoms with E-state index in [1.54, 1.807) is 12.1 Å². The van der Waals surface area contributed by atoms with Gasteiger partial charge in [0, 0.05) is 38.3 Å². The van der Waals surface area contributed by atoms with Crippen LogP contribution in [0.2, 0.25) is 10.0 Å². The number of rotatable bonds is 7. The van der Waals surface area contributed by atoms with Crippen LogP contribution in [0.4, 0.5) is 5.13 Å². The quantitative estimate of drug-likeness (QED) is 0.238. The minimum Gasteiger partial charge on any atom is -0.302 e. The van der Waals surface area contributed by atoms with Crippen molar-refractivity contribution in [3.63, 3.8) is 0 Å². The van der Waals surface area contributed by atoms with Gasteiger partial charge >= 0.3 is 0 Å². The topological polar surface area (TPSA) is 72.7 Å². The minimum atomic E-state index is -0.146. The van der Waals surface area contributed by atoms with Crippen LogP contribution in [-0.2, 0) is 24.2 Å². The molecular formula is C24H23Cl2N5OS3. The summed E-state index contributed by atoms with van der Waals surface area (Å²) >= 11 is 16.8. The molecule has 0 fully saturated rings. The van der Waals surface area contributed by atoms with Crippen LogP contribution in [0.5, 0.6) is 0 Å². The number of aromatic nitrogens is 4. The molecule has 1 amide bonds. The zero-order valence-electron chi connectivity index (χ0n) is 19.2. The maximum absolute atomic E-state index is 12.6. The lowest BCUT2D eigenvalue weighted by Crippen LogP contribution is -2.14. The largest absolute Gasteiger partial charge is 0.302 e. The summed E-state index contributed by atoms with van der Waals surface area (Å²) in [7, 11) is 0. The molecule has 182 valence electrons. The summed E-state index contributed by atoms with van der Waals surface area (Å²) in [6.07, 6.45) is 3.44. The van der Waals surface area contributed by atoms with Gasteiger partial charge in [0.05, 0.1) is 16.5 Å². The molecule has 0 saturated heterocycles. The first-order valence-electron chi connectivity index (χ1n) is 11.3. The van der Waals surface area contributed by atoms with E-state index in [1.165, 1.54) is 45.5 Å². The van der Waals surface area contributed by atoms with Gasteiger partial charge in [-0.15, -0.1) is 32.9 Å². The van der Waals surface area contributed by atoms with Crippen LogP contribution in [-0.4, -0.2) is 31.4 Å². The molecule has 6 nitrogen and oxygen atoms in total. The van der Waals surface area contributed by atoms with Crippen molar-refractivity contribution in [2.24, 2.45) is 5.92 Å². The number of amides is 1. The Morgan fingerprint density at radius 2 is 2.09 bits per heavy atom. The van der Waals surface area contributed by atoms with Crippen LogP contribution in [0.15, 0.2) is 34.1 Å². The highest BCUT2D eigenvalue weighted by molar-refractivity contribution is 7.99. The van der Waals surface area contributed by atoms with Gasteiger partial charge in [-0.25, -0.2) is 4.98 Å². The van der Waals surface area contributed by atoms with Crippen molar-refractivity contribution >= 4 is 68.7 Å². The molecule has 1 aromatic carbocycles. The number of anilines is 1. The molecular weight excluding hydrogens is 541 g/mol. The van der Waals surface area contributed by atoms with Crippen LogP contribution >= 0.6 is 57.6 Å². The predicted molar refractivity (Wildman–Crippen MR) is 147 cm³/mol. The summed E-state index contributed by atoms with van der Waals surface area (Å²) < 4.78 is 2.10. The molecule has 1 N–H and O–H groups in total. The molecule has 11 heteroatoms. The first kappa shape index (κ1) is 24.8. The summed E-state index contributed by atoms with van der Waals surface area (Å²) in [6.45, 7) is 5.14. The number of fused-ring (bicyclic) bond motifs is 1. The smallest absolute Gasteiger partial charge is 0.236 e. The van der Waals surface area contributed by atoms with Crippen molar-refractivity contribution < 1.29 is 4.79 Å². The van der Waals surface area contributed by atoms with Crippen LogP contribution in [0.25, 0.3) is 22.6 Å². The van der Waals surface area contributed by atoms with E-state index in [0.717, 1.165) is 41.8 Å². The van der Waals surface area contributed by atoms with Gasteiger partial charge < -0.3 is 9.88 Å². The van der Waals surface area contributed by atoms with Crippen molar-refractivity contribution in [1.82, 2.24) is 19.7 Å². The van der Waals surface area contributed by atoms with Crippen LogP contribution in [0.1, 0.15) is 30.7 Å². The zero-order valence-corrected chi connectivity index (χ0v) is 23.1. The lowest BCUT2D eigenvalue weighted by atomic mass is 9.88. The SMILES string of the molecule is CCn1c(SCC(=O)Nc2nc(-c3ccc(Cl)cc3Cl)cs2)nnc1-c1csc2c1CCC(C)C2. The molecule has 0 aliphatic heterocycles. The molecule has 1 unspecified atom stereocenters. The lowest BCUT2D eigenvalue weighted by molar-refractivity contribution is -0.113. The number of hydrogen-bond acceptors (Lipinski definition) is 7. The van der Waals surface area contributed by atoms with Gasteiger partial charge in [0.2, 0.25) is 5.91 Å². The van der Waals surface area contributed by atoms with E-state index in [1.807, 2.05) is 22.8 Å². The van der Waals surface area contributed by atoms with Crippen molar-refractivity contribution in [1.29, 1.82) is 0 Å². The van der Waals surface area contributed by atoms with Crippen molar-refractivity contribution in [3.8, 4) is 22.6 Å². The number of carbonyl (C=O) groups excluding carboxylic acids is 1. The third-order valence-corrected chi connectivity index (χ3v) is 9.29. The van der Waals surface area contributed by atoms with E-state index in [4.69, 9.17) is 23.2 Å². The molecule has 3 aromatic heterocycles. The number of nitrogens with one attached hydrogen (secondary N) is 1. The molecule has 0 spiro atoms. The highest BCUT2D eigenvalue weighted by atomic mass is 35.5. The van der Waals surface area contributed by atoms with Gasteiger partial charge in [0.15, 0.2) is 16.1 Å². The molecule has 1 aliphatic carbocycles. The number of benzene rings is 1. The number of nitrogens with zero attached hydrogens (tertiary/aromatic N) is 4. The normalized spacial score (nSPS) is 15.3. The highest BCUT2D eigenvalue weighted by Crippen LogP contribution is 2.38. The van der Waals surface area contributed by atoms with Gasteiger partial charge in [-0.1, -0.05) is 41.9 Å². The highest BCUT2D eigenvalue weighted by Gasteiger charge is 2.24. The molecule has 35 heavy (non-hydrogen) atoms. The standard InChI is InChI=1S/C24H23Cl2N5OS3/c1-3-31-22(17-10-33-20-8-13(2)4-6-15(17)20)29-30-24(31)35-12-21(32)28-23-27-19(11-34-23)16-7-5-14(25)9-18(16)26/h5,7,9-11,13H,3-4,6,8,12H2,1-2H3,(H,27,28,32). The van der Waals surface area contributed by atoms with E-state index >= 15 is 0 Å². The molecule has 3 heterocycles. The molecule has 4 aromatic rings. The van der Waals surface area contributed by atoms with E-state index in [2.05, 4.69) is 44.3 Å². The number of thiophene rings is 1. The molecule has 1 aliphatic rings. The van der Waals surface area contributed by atoms with Gasteiger partial charge in [0.25, 0.3) is 0 Å². The molecule has 1 atom stereocenters.